The van der Waals surface area contributed by atoms with E-state index < -0.39 is 0 Å². The molecule has 16 heavy (non-hydrogen) atoms. The molecule has 2 heterocycles. The average Bonchev–Trinajstić information content (AvgIpc) is 2.64. The highest BCUT2D eigenvalue weighted by molar-refractivity contribution is 5.89. The van der Waals surface area contributed by atoms with Crippen LogP contribution >= 0.6 is 0 Å². The molecule has 1 N–H and O–H groups in total. The van der Waals surface area contributed by atoms with Crippen molar-refractivity contribution in [3.05, 3.63) is 0 Å². The van der Waals surface area contributed by atoms with Crippen molar-refractivity contribution < 1.29 is 9.59 Å². The van der Waals surface area contributed by atoms with Gasteiger partial charge in [-0.15, -0.1) is 0 Å². The standard InChI is InChI=1S/C12H20N2O2/c1-8-3-4-14(9(2)5-8)12(16)10-6-11(15)13-7-10/h8-10H,3-7H2,1-2H3,(H,13,15). The Bertz CT molecular complexity index is 303. The molecule has 90 valence electrons. The molecule has 3 unspecified atom stereocenters. The molecule has 2 aliphatic rings. The van der Waals surface area contributed by atoms with E-state index in [1.54, 1.807) is 0 Å². The van der Waals surface area contributed by atoms with Crippen LogP contribution in [-0.2, 0) is 9.59 Å². The molecule has 0 spiro atoms. The summed E-state index contributed by atoms with van der Waals surface area (Å²) in [4.78, 5) is 25.3. The molecule has 2 fully saturated rings. The maximum absolute atomic E-state index is 12.2. The molecule has 2 aliphatic heterocycles. The Morgan fingerprint density at radius 1 is 1.44 bits per heavy atom. The Labute approximate surface area is 96.4 Å². The van der Waals surface area contributed by atoms with Crippen LogP contribution < -0.4 is 5.32 Å². The molecule has 2 amide bonds. The lowest BCUT2D eigenvalue weighted by molar-refractivity contribution is -0.139. The van der Waals surface area contributed by atoms with Crippen LogP contribution in [0, 0.1) is 11.8 Å². The van der Waals surface area contributed by atoms with Crippen LogP contribution in [0.25, 0.3) is 0 Å². The Kier molecular flexibility index (Phi) is 3.17. The molecule has 2 rings (SSSR count). The predicted molar refractivity (Wildman–Crippen MR) is 60.7 cm³/mol. The van der Waals surface area contributed by atoms with Crippen molar-refractivity contribution in [3.8, 4) is 0 Å². The van der Waals surface area contributed by atoms with E-state index in [9.17, 15) is 9.59 Å². The van der Waals surface area contributed by atoms with Gasteiger partial charge < -0.3 is 10.2 Å². The van der Waals surface area contributed by atoms with Crippen LogP contribution in [0.5, 0.6) is 0 Å². The van der Waals surface area contributed by atoms with Gasteiger partial charge in [-0.1, -0.05) is 6.92 Å². The summed E-state index contributed by atoms with van der Waals surface area (Å²) in [6.07, 6.45) is 2.54. The number of carbonyl (C=O) groups excluding carboxylic acids is 2. The molecule has 0 aromatic rings. The highest BCUT2D eigenvalue weighted by atomic mass is 16.2. The van der Waals surface area contributed by atoms with E-state index in [2.05, 4.69) is 19.2 Å². The number of amides is 2. The summed E-state index contributed by atoms with van der Waals surface area (Å²) in [5.74, 6) is 0.764. The van der Waals surface area contributed by atoms with Crippen molar-refractivity contribution in [2.45, 2.75) is 39.2 Å². The number of nitrogens with zero attached hydrogens (tertiary/aromatic N) is 1. The van der Waals surface area contributed by atoms with E-state index in [0.29, 0.717) is 24.9 Å². The topological polar surface area (TPSA) is 49.4 Å². The second-order valence-electron chi connectivity index (χ2n) is 5.22. The maximum Gasteiger partial charge on any atom is 0.228 e. The second-order valence-corrected chi connectivity index (χ2v) is 5.22. The van der Waals surface area contributed by atoms with Gasteiger partial charge in [-0.25, -0.2) is 0 Å². The Morgan fingerprint density at radius 3 is 2.75 bits per heavy atom. The number of hydrogen-bond donors (Lipinski definition) is 1. The Morgan fingerprint density at radius 2 is 2.19 bits per heavy atom. The van der Waals surface area contributed by atoms with E-state index >= 15 is 0 Å². The molecular weight excluding hydrogens is 204 g/mol. The van der Waals surface area contributed by atoms with Crippen LogP contribution in [0.15, 0.2) is 0 Å². The van der Waals surface area contributed by atoms with Crippen molar-refractivity contribution in [1.82, 2.24) is 10.2 Å². The first-order valence-electron chi connectivity index (χ1n) is 6.15. The molecule has 4 nitrogen and oxygen atoms in total. The third kappa shape index (κ3) is 2.20. The molecule has 0 aliphatic carbocycles. The van der Waals surface area contributed by atoms with Gasteiger partial charge >= 0.3 is 0 Å². The van der Waals surface area contributed by atoms with Gasteiger partial charge in [0.05, 0.1) is 5.92 Å². The zero-order valence-electron chi connectivity index (χ0n) is 10.0. The number of carbonyl (C=O) groups is 2. The lowest BCUT2D eigenvalue weighted by Crippen LogP contribution is -2.47. The zero-order valence-corrected chi connectivity index (χ0v) is 10.0. The number of piperidine rings is 1. The van der Waals surface area contributed by atoms with Crippen molar-refractivity contribution >= 4 is 11.8 Å². The summed E-state index contributed by atoms with van der Waals surface area (Å²) in [6.45, 7) is 5.72. The Hall–Kier alpha value is -1.06. The SMILES string of the molecule is CC1CCN(C(=O)C2CNC(=O)C2)C(C)C1. The third-order valence-corrected chi connectivity index (χ3v) is 3.75. The van der Waals surface area contributed by atoms with Gasteiger partial charge in [0.25, 0.3) is 0 Å². The molecule has 0 aromatic heterocycles. The molecule has 3 atom stereocenters. The van der Waals surface area contributed by atoms with Gasteiger partial charge in [0.2, 0.25) is 11.8 Å². The van der Waals surface area contributed by atoms with Crippen molar-refractivity contribution in [2.24, 2.45) is 11.8 Å². The number of rotatable bonds is 1. The van der Waals surface area contributed by atoms with E-state index in [0.717, 1.165) is 19.4 Å². The summed E-state index contributed by atoms with van der Waals surface area (Å²) in [6, 6.07) is 0.326. The zero-order chi connectivity index (χ0) is 11.7. The smallest absolute Gasteiger partial charge is 0.228 e. The lowest BCUT2D eigenvalue weighted by atomic mass is 9.92. The van der Waals surface area contributed by atoms with Crippen LogP contribution in [0.3, 0.4) is 0 Å². The summed E-state index contributed by atoms with van der Waals surface area (Å²) < 4.78 is 0. The van der Waals surface area contributed by atoms with E-state index in [4.69, 9.17) is 0 Å². The largest absolute Gasteiger partial charge is 0.355 e. The molecular formula is C12H20N2O2. The minimum Gasteiger partial charge on any atom is -0.355 e. The summed E-state index contributed by atoms with van der Waals surface area (Å²) >= 11 is 0. The summed E-state index contributed by atoms with van der Waals surface area (Å²) in [7, 11) is 0. The fourth-order valence-corrected chi connectivity index (χ4v) is 2.75. The molecule has 0 radical (unpaired) electrons. The van der Waals surface area contributed by atoms with Crippen molar-refractivity contribution in [3.63, 3.8) is 0 Å². The number of nitrogens with one attached hydrogen (secondary N) is 1. The van der Waals surface area contributed by atoms with Crippen molar-refractivity contribution in [1.29, 1.82) is 0 Å². The van der Waals surface area contributed by atoms with Gasteiger partial charge in [0, 0.05) is 25.6 Å². The summed E-state index contributed by atoms with van der Waals surface area (Å²) in [5, 5.41) is 2.73. The molecule has 0 saturated carbocycles. The molecule has 2 saturated heterocycles. The predicted octanol–water partition coefficient (Wildman–Crippen LogP) is 0.769. The molecule has 4 heteroatoms. The minimum absolute atomic E-state index is 0.0105. The van der Waals surface area contributed by atoms with Gasteiger partial charge in [-0.2, -0.15) is 0 Å². The normalized spacial score (nSPS) is 35.0. The quantitative estimate of drug-likeness (QED) is 0.715. The lowest BCUT2D eigenvalue weighted by Gasteiger charge is -2.37. The second kappa shape index (κ2) is 4.44. The minimum atomic E-state index is -0.122. The fourth-order valence-electron chi connectivity index (χ4n) is 2.75. The number of hydrogen-bond acceptors (Lipinski definition) is 2. The van der Waals surface area contributed by atoms with Gasteiger partial charge in [0.15, 0.2) is 0 Å². The molecule has 0 bridgehead atoms. The van der Waals surface area contributed by atoms with E-state index in [1.807, 2.05) is 4.90 Å². The van der Waals surface area contributed by atoms with E-state index in [1.165, 1.54) is 0 Å². The van der Waals surface area contributed by atoms with Crippen LogP contribution in [0.1, 0.15) is 33.1 Å². The van der Waals surface area contributed by atoms with Gasteiger partial charge in [-0.3, -0.25) is 9.59 Å². The highest BCUT2D eigenvalue weighted by Crippen LogP contribution is 2.25. The average molecular weight is 224 g/mol. The van der Waals surface area contributed by atoms with Gasteiger partial charge in [-0.05, 0) is 25.7 Å². The van der Waals surface area contributed by atoms with Gasteiger partial charge in [0.1, 0.15) is 0 Å². The monoisotopic (exact) mass is 224 g/mol. The number of likely N-dealkylation sites (tertiary alicyclic amines) is 1. The third-order valence-electron chi connectivity index (χ3n) is 3.75. The van der Waals surface area contributed by atoms with Crippen molar-refractivity contribution in [2.75, 3.05) is 13.1 Å². The molecule has 0 aromatic carbocycles. The maximum atomic E-state index is 12.2. The highest BCUT2D eigenvalue weighted by Gasteiger charge is 2.35. The van der Waals surface area contributed by atoms with Crippen LogP contribution in [0.4, 0.5) is 0 Å². The van der Waals surface area contributed by atoms with Crippen LogP contribution in [-0.4, -0.2) is 35.8 Å². The summed E-state index contributed by atoms with van der Waals surface area (Å²) in [5.41, 5.74) is 0. The Balaban J connectivity index is 1.96. The fraction of sp³-hybridized carbons (Fsp3) is 0.833. The van der Waals surface area contributed by atoms with E-state index in [-0.39, 0.29) is 17.7 Å². The first-order chi connectivity index (χ1) is 7.58. The van der Waals surface area contributed by atoms with Crippen LogP contribution in [0.2, 0.25) is 0 Å². The first kappa shape index (κ1) is 11.4. The first-order valence-corrected chi connectivity index (χ1v) is 6.15.